The predicted octanol–water partition coefficient (Wildman–Crippen LogP) is 2.84. The number of nitrogens with one attached hydrogen (secondary N) is 1. The van der Waals surface area contributed by atoms with Crippen molar-refractivity contribution in [2.45, 2.75) is 32.7 Å². The molecule has 166 valence electrons. The van der Waals surface area contributed by atoms with Crippen molar-refractivity contribution in [2.24, 2.45) is 11.7 Å². The molecule has 1 fully saturated rings. The normalized spacial score (nSPS) is 15.4. The van der Waals surface area contributed by atoms with E-state index in [1.54, 1.807) is 16.9 Å². The first-order valence-corrected chi connectivity index (χ1v) is 10.6. The number of nitrogens with two attached hydrogens (primary N) is 1. The van der Waals surface area contributed by atoms with Gasteiger partial charge in [0.1, 0.15) is 18.4 Å². The van der Waals surface area contributed by atoms with Crippen LogP contribution in [0.25, 0.3) is 16.9 Å². The van der Waals surface area contributed by atoms with Gasteiger partial charge in [-0.05, 0) is 37.9 Å². The molecule has 4 aromatic heterocycles. The van der Waals surface area contributed by atoms with Crippen LogP contribution >= 0.6 is 0 Å². The molecule has 1 saturated heterocycles. The Labute approximate surface area is 183 Å². The van der Waals surface area contributed by atoms with Crippen molar-refractivity contribution in [3.63, 3.8) is 0 Å². The summed E-state index contributed by atoms with van der Waals surface area (Å²) in [6.07, 6.45) is 9.89. The fourth-order valence-electron chi connectivity index (χ4n) is 4.02. The van der Waals surface area contributed by atoms with E-state index in [1.807, 2.05) is 0 Å². The van der Waals surface area contributed by atoms with Crippen molar-refractivity contribution < 1.29 is 13.6 Å². The number of carbonyl (C=O) groups excluding carboxylic acids is 1. The summed E-state index contributed by atoms with van der Waals surface area (Å²) in [6.45, 7) is 5.16. The number of fused-ring (bicyclic) bond motifs is 1. The van der Waals surface area contributed by atoms with Gasteiger partial charge in [-0.2, -0.15) is 5.10 Å². The molecule has 5 rings (SSSR count). The molecule has 5 heterocycles. The van der Waals surface area contributed by atoms with Gasteiger partial charge in [0.25, 0.3) is 5.91 Å². The lowest BCUT2D eigenvalue weighted by atomic mass is 9.94. The Morgan fingerprint density at radius 2 is 2.09 bits per heavy atom. The maximum Gasteiger partial charge on any atom is 0.300 e. The molecule has 0 aromatic carbocycles. The standard InChI is InChI=1S/C21H24N8O3/c1-2-13-3-5-28(6-4-13)10-15-8-24-21(32-15)27-19-20-25-12-26-29(20)16(9-23-19)14-7-17(18(22)30)31-11-14/h7-9,11-13H,2-6,10H2,1H3,(H2,22,30)(H,23,24,27). The minimum Gasteiger partial charge on any atom is -0.458 e. The second-order valence-corrected chi connectivity index (χ2v) is 7.94. The lowest BCUT2D eigenvalue weighted by Gasteiger charge is -2.30. The predicted molar refractivity (Wildman–Crippen MR) is 115 cm³/mol. The molecule has 32 heavy (non-hydrogen) atoms. The van der Waals surface area contributed by atoms with Gasteiger partial charge in [0, 0.05) is 5.56 Å². The highest BCUT2D eigenvalue weighted by molar-refractivity contribution is 5.91. The van der Waals surface area contributed by atoms with Crippen molar-refractivity contribution in [3.8, 4) is 11.3 Å². The Hall–Kier alpha value is -3.73. The van der Waals surface area contributed by atoms with Crippen molar-refractivity contribution >= 4 is 23.4 Å². The molecule has 3 N–H and O–H groups in total. The van der Waals surface area contributed by atoms with E-state index < -0.39 is 5.91 Å². The zero-order valence-electron chi connectivity index (χ0n) is 17.7. The number of aromatic nitrogens is 5. The highest BCUT2D eigenvalue weighted by Gasteiger charge is 2.20. The molecule has 0 spiro atoms. The SMILES string of the molecule is CCC1CCN(Cc2cnc(Nc3ncc(-c4coc(C(N)=O)c4)n4ncnc34)o2)CC1. The molecule has 1 aliphatic heterocycles. The van der Waals surface area contributed by atoms with E-state index in [2.05, 4.69) is 37.2 Å². The number of likely N-dealkylation sites (tertiary alicyclic amines) is 1. The van der Waals surface area contributed by atoms with E-state index in [1.165, 1.54) is 37.9 Å². The van der Waals surface area contributed by atoms with E-state index in [0.29, 0.717) is 28.7 Å². The van der Waals surface area contributed by atoms with Gasteiger partial charge in [0.15, 0.2) is 17.2 Å². The molecule has 0 radical (unpaired) electrons. The third-order valence-corrected chi connectivity index (χ3v) is 5.88. The van der Waals surface area contributed by atoms with Crippen molar-refractivity contribution in [1.29, 1.82) is 0 Å². The van der Waals surface area contributed by atoms with Crippen LogP contribution in [0, 0.1) is 5.92 Å². The summed E-state index contributed by atoms with van der Waals surface area (Å²) < 4.78 is 12.7. The second kappa shape index (κ2) is 8.42. The first kappa shape index (κ1) is 20.2. The van der Waals surface area contributed by atoms with Gasteiger partial charge < -0.3 is 14.6 Å². The van der Waals surface area contributed by atoms with Crippen LogP contribution in [-0.2, 0) is 6.54 Å². The van der Waals surface area contributed by atoms with E-state index >= 15 is 0 Å². The summed E-state index contributed by atoms with van der Waals surface area (Å²) in [6, 6.07) is 1.88. The summed E-state index contributed by atoms with van der Waals surface area (Å²) >= 11 is 0. The lowest BCUT2D eigenvalue weighted by Crippen LogP contribution is -2.32. The number of carbonyl (C=O) groups is 1. The second-order valence-electron chi connectivity index (χ2n) is 7.94. The van der Waals surface area contributed by atoms with Crippen molar-refractivity contribution in [2.75, 3.05) is 18.4 Å². The molecule has 0 atom stereocenters. The number of furan rings is 1. The molecule has 1 aliphatic rings. The smallest absolute Gasteiger partial charge is 0.300 e. The molecular formula is C21H24N8O3. The fraction of sp³-hybridized carbons (Fsp3) is 0.381. The molecule has 0 unspecified atom stereocenters. The zero-order valence-corrected chi connectivity index (χ0v) is 17.7. The van der Waals surface area contributed by atoms with Gasteiger partial charge in [-0.1, -0.05) is 13.3 Å². The Morgan fingerprint density at radius 3 is 2.84 bits per heavy atom. The van der Waals surface area contributed by atoms with Gasteiger partial charge >= 0.3 is 6.01 Å². The van der Waals surface area contributed by atoms with Crippen LogP contribution in [0.3, 0.4) is 0 Å². The molecule has 0 aliphatic carbocycles. The quantitative estimate of drug-likeness (QED) is 0.447. The van der Waals surface area contributed by atoms with E-state index in [4.69, 9.17) is 14.6 Å². The fourth-order valence-corrected chi connectivity index (χ4v) is 4.02. The van der Waals surface area contributed by atoms with Crippen LogP contribution in [0.15, 0.2) is 39.9 Å². The van der Waals surface area contributed by atoms with Gasteiger partial charge in [-0.15, -0.1) is 0 Å². The van der Waals surface area contributed by atoms with Crippen LogP contribution in [-0.4, -0.2) is 48.5 Å². The minimum absolute atomic E-state index is 0.0571. The average Bonchev–Trinajstić information content (AvgIpc) is 3.56. The zero-order chi connectivity index (χ0) is 22.1. The van der Waals surface area contributed by atoms with Crippen LogP contribution in [0.5, 0.6) is 0 Å². The maximum absolute atomic E-state index is 11.3. The molecular weight excluding hydrogens is 412 g/mol. The van der Waals surface area contributed by atoms with Gasteiger partial charge in [0.2, 0.25) is 0 Å². The number of rotatable bonds is 7. The first-order valence-electron chi connectivity index (χ1n) is 10.6. The summed E-state index contributed by atoms with van der Waals surface area (Å²) in [5.41, 5.74) is 6.96. The molecule has 4 aromatic rings. The monoisotopic (exact) mass is 436 g/mol. The van der Waals surface area contributed by atoms with Crippen molar-refractivity contribution in [3.05, 3.63) is 42.6 Å². The Bertz CT molecular complexity index is 1230. The number of primary amides is 1. The highest BCUT2D eigenvalue weighted by Crippen LogP contribution is 2.26. The lowest BCUT2D eigenvalue weighted by molar-refractivity contribution is 0.0974. The number of oxazole rings is 1. The van der Waals surface area contributed by atoms with Crippen LogP contribution in [0.1, 0.15) is 42.5 Å². The van der Waals surface area contributed by atoms with E-state index in [-0.39, 0.29) is 5.76 Å². The number of anilines is 2. The van der Waals surface area contributed by atoms with Gasteiger partial charge in [0.05, 0.1) is 24.6 Å². The number of hydrogen-bond acceptors (Lipinski definition) is 9. The number of hydrogen-bond donors (Lipinski definition) is 2. The first-order chi connectivity index (χ1) is 15.6. The third kappa shape index (κ3) is 3.94. The summed E-state index contributed by atoms with van der Waals surface area (Å²) in [4.78, 5) is 26.8. The molecule has 11 heteroatoms. The Morgan fingerprint density at radius 1 is 1.25 bits per heavy atom. The summed E-state index contributed by atoms with van der Waals surface area (Å²) in [5, 5.41) is 7.34. The Balaban J connectivity index is 1.32. The van der Waals surface area contributed by atoms with E-state index in [0.717, 1.165) is 31.3 Å². The van der Waals surface area contributed by atoms with Gasteiger partial charge in [-0.25, -0.2) is 19.5 Å². The van der Waals surface area contributed by atoms with Crippen LogP contribution < -0.4 is 11.1 Å². The topological polar surface area (TPSA) is 141 Å². The molecule has 1 amide bonds. The highest BCUT2D eigenvalue weighted by atomic mass is 16.4. The Kier molecular flexibility index (Phi) is 5.31. The summed E-state index contributed by atoms with van der Waals surface area (Å²) in [7, 11) is 0. The summed E-state index contributed by atoms with van der Waals surface area (Å²) in [5.74, 6) is 1.49. The van der Waals surface area contributed by atoms with Crippen LogP contribution in [0.4, 0.5) is 11.8 Å². The average molecular weight is 436 g/mol. The number of piperidine rings is 1. The molecule has 0 bridgehead atoms. The minimum atomic E-state index is -0.647. The number of nitrogens with zero attached hydrogens (tertiary/aromatic N) is 6. The number of amides is 1. The van der Waals surface area contributed by atoms with Crippen LogP contribution in [0.2, 0.25) is 0 Å². The van der Waals surface area contributed by atoms with E-state index in [9.17, 15) is 4.79 Å². The maximum atomic E-state index is 11.3. The third-order valence-electron chi connectivity index (χ3n) is 5.88. The molecule has 0 saturated carbocycles. The van der Waals surface area contributed by atoms with Gasteiger partial charge in [-0.3, -0.25) is 15.0 Å². The largest absolute Gasteiger partial charge is 0.458 e. The molecule has 11 nitrogen and oxygen atoms in total. The van der Waals surface area contributed by atoms with Crippen molar-refractivity contribution in [1.82, 2.24) is 29.5 Å².